The van der Waals surface area contributed by atoms with Gasteiger partial charge in [0, 0.05) is 39.1 Å². The summed E-state index contributed by atoms with van der Waals surface area (Å²) in [6, 6.07) is 42.6. The molecule has 0 aliphatic carbocycles. The quantitative estimate of drug-likeness (QED) is 0.180. The molecule has 0 bridgehead atoms. The van der Waals surface area contributed by atoms with Crippen LogP contribution in [0.25, 0.3) is 72.8 Å². The highest BCUT2D eigenvalue weighted by Crippen LogP contribution is 2.41. The fourth-order valence-electron chi connectivity index (χ4n) is 6.96. The zero-order chi connectivity index (χ0) is 37.1. The number of halogens is 2. The second kappa shape index (κ2) is 12.9. The van der Waals surface area contributed by atoms with E-state index in [1.165, 1.54) is 23.3 Å². The molecule has 0 saturated carbocycles. The van der Waals surface area contributed by atoms with Gasteiger partial charge in [0.15, 0.2) is 17.5 Å². The SMILES string of the molecule is CC(C)(C)c1ccc2c3ccc(C(C)(C)C)cc3n(-c3cc(-c4nc(-c5ccccc5)nc(-c5ccccc5)n4)ccc3-c3cc(F)cc(F)c3)c2c1. The van der Waals surface area contributed by atoms with Crippen molar-refractivity contribution >= 4 is 21.8 Å². The minimum absolute atomic E-state index is 0.116. The van der Waals surface area contributed by atoms with Gasteiger partial charge >= 0.3 is 0 Å². The van der Waals surface area contributed by atoms with Gasteiger partial charge in [-0.15, -0.1) is 0 Å². The van der Waals surface area contributed by atoms with Crippen LogP contribution in [-0.2, 0) is 10.8 Å². The summed E-state index contributed by atoms with van der Waals surface area (Å²) >= 11 is 0. The Balaban J connectivity index is 1.47. The maximum Gasteiger partial charge on any atom is 0.164 e. The second-order valence-corrected chi connectivity index (χ2v) is 15.7. The maximum absolute atomic E-state index is 14.9. The standard InChI is InChI=1S/C47H40F2N4/c1-46(2,3)33-18-21-38-39-22-19-34(47(4,5)6)27-42(39)53(41(38)26-33)40-25-31(17-20-37(40)32-23-35(48)28-36(49)24-32)45-51-43(29-13-9-7-10-14-29)50-44(52-45)30-15-11-8-12-16-30/h7-28H,1-6H3. The monoisotopic (exact) mass is 698 g/mol. The summed E-state index contributed by atoms with van der Waals surface area (Å²) in [7, 11) is 0. The Labute approximate surface area is 308 Å². The first-order chi connectivity index (χ1) is 25.3. The van der Waals surface area contributed by atoms with E-state index in [1.807, 2.05) is 78.9 Å². The Morgan fingerprint density at radius 1 is 0.434 bits per heavy atom. The Morgan fingerprint density at radius 3 is 1.34 bits per heavy atom. The van der Waals surface area contributed by atoms with Crippen molar-refractivity contribution in [2.75, 3.05) is 0 Å². The van der Waals surface area contributed by atoms with E-state index in [0.29, 0.717) is 28.6 Å². The topological polar surface area (TPSA) is 43.6 Å². The summed E-state index contributed by atoms with van der Waals surface area (Å²) in [5, 5.41) is 2.18. The van der Waals surface area contributed by atoms with Gasteiger partial charge in [-0.1, -0.05) is 139 Å². The first-order valence-corrected chi connectivity index (χ1v) is 17.9. The van der Waals surface area contributed by atoms with Crippen LogP contribution in [0.1, 0.15) is 52.7 Å². The van der Waals surface area contributed by atoms with E-state index in [-0.39, 0.29) is 10.8 Å². The number of benzene rings is 6. The van der Waals surface area contributed by atoms with Crippen LogP contribution in [0.4, 0.5) is 8.78 Å². The van der Waals surface area contributed by atoms with E-state index < -0.39 is 11.6 Å². The van der Waals surface area contributed by atoms with Gasteiger partial charge in [0.05, 0.1) is 16.7 Å². The first kappa shape index (κ1) is 34.1. The molecule has 8 aromatic rings. The molecule has 6 heteroatoms. The molecule has 0 aliphatic rings. The molecule has 0 saturated heterocycles. The van der Waals surface area contributed by atoms with Crippen LogP contribution in [0.3, 0.4) is 0 Å². The van der Waals surface area contributed by atoms with E-state index in [4.69, 9.17) is 15.0 Å². The third-order valence-electron chi connectivity index (χ3n) is 9.87. The van der Waals surface area contributed by atoms with Gasteiger partial charge in [-0.05, 0) is 57.9 Å². The lowest BCUT2D eigenvalue weighted by atomic mass is 9.86. The minimum Gasteiger partial charge on any atom is -0.309 e. The molecule has 2 aromatic heterocycles. The predicted octanol–water partition coefficient (Wildman–Crippen LogP) is 12.5. The molecule has 0 fully saturated rings. The molecule has 0 amide bonds. The summed E-state index contributed by atoms with van der Waals surface area (Å²) < 4.78 is 32.1. The van der Waals surface area contributed by atoms with Crippen molar-refractivity contribution in [1.82, 2.24) is 19.5 Å². The lowest BCUT2D eigenvalue weighted by molar-refractivity contribution is 0.584. The minimum atomic E-state index is -0.639. The molecule has 2 heterocycles. The van der Waals surface area contributed by atoms with Crippen LogP contribution in [0.2, 0.25) is 0 Å². The van der Waals surface area contributed by atoms with Crippen molar-refractivity contribution in [3.63, 3.8) is 0 Å². The highest BCUT2D eigenvalue weighted by Gasteiger charge is 2.23. The van der Waals surface area contributed by atoms with E-state index in [0.717, 1.165) is 50.2 Å². The normalized spacial score (nSPS) is 12.2. The number of fused-ring (bicyclic) bond motifs is 3. The van der Waals surface area contributed by atoms with Crippen LogP contribution >= 0.6 is 0 Å². The van der Waals surface area contributed by atoms with E-state index in [9.17, 15) is 8.78 Å². The van der Waals surface area contributed by atoms with Gasteiger partial charge in [-0.3, -0.25) is 0 Å². The zero-order valence-electron chi connectivity index (χ0n) is 30.7. The molecule has 0 aliphatic heterocycles. The molecule has 53 heavy (non-hydrogen) atoms. The van der Waals surface area contributed by atoms with Gasteiger partial charge in [0.1, 0.15) is 11.6 Å². The molecule has 0 atom stereocenters. The Morgan fingerprint density at radius 2 is 0.887 bits per heavy atom. The van der Waals surface area contributed by atoms with Crippen molar-refractivity contribution < 1.29 is 8.78 Å². The van der Waals surface area contributed by atoms with Crippen LogP contribution < -0.4 is 0 Å². The summed E-state index contributed by atoms with van der Waals surface area (Å²) in [6.07, 6.45) is 0. The molecular formula is C47H40F2N4. The smallest absolute Gasteiger partial charge is 0.164 e. The van der Waals surface area contributed by atoms with Gasteiger partial charge in [0.2, 0.25) is 0 Å². The molecular weight excluding hydrogens is 659 g/mol. The van der Waals surface area contributed by atoms with E-state index in [1.54, 1.807) is 0 Å². The van der Waals surface area contributed by atoms with Crippen LogP contribution in [0.15, 0.2) is 133 Å². The molecule has 0 radical (unpaired) electrons. The lowest BCUT2D eigenvalue weighted by Crippen LogP contribution is -2.11. The van der Waals surface area contributed by atoms with E-state index in [2.05, 4.69) is 82.5 Å². The van der Waals surface area contributed by atoms with Crippen molar-refractivity contribution in [3.8, 4) is 51.0 Å². The summed E-state index contributed by atoms with van der Waals surface area (Å²) in [6.45, 7) is 13.2. The fraction of sp³-hybridized carbons (Fsp3) is 0.170. The van der Waals surface area contributed by atoms with Gasteiger partial charge < -0.3 is 4.57 Å². The van der Waals surface area contributed by atoms with Crippen LogP contribution in [0, 0.1) is 11.6 Å². The number of aromatic nitrogens is 4. The Hall–Kier alpha value is -6.01. The molecule has 8 rings (SSSR count). The number of hydrogen-bond donors (Lipinski definition) is 0. The molecule has 262 valence electrons. The van der Waals surface area contributed by atoms with Crippen molar-refractivity contribution in [1.29, 1.82) is 0 Å². The predicted molar refractivity (Wildman–Crippen MR) is 213 cm³/mol. The van der Waals surface area contributed by atoms with Gasteiger partial charge in [-0.25, -0.2) is 23.7 Å². The molecule has 6 aromatic carbocycles. The maximum atomic E-state index is 14.9. The van der Waals surface area contributed by atoms with Crippen LogP contribution in [0.5, 0.6) is 0 Å². The van der Waals surface area contributed by atoms with Crippen molar-refractivity contribution in [2.24, 2.45) is 0 Å². The van der Waals surface area contributed by atoms with Gasteiger partial charge in [0.25, 0.3) is 0 Å². The summed E-state index contributed by atoms with van der Waals surface area (Å²) in [4.78, 5) is 14.9. The Bertz CT molecular complexity index is 2500. The number of nitrogens with zero attached hydrogens (tertiary/aromatic N) is 4. The average Bonchev–Trinajstić information content (AvgIpc) is 3.47. The van der Waals surface area contributed by atoms with Crippen molar-refractivity contribution in [2.45, 2.75) is 52.4 Å². The zero-order valence-corrected chi connectivity index (χ0v) is 30.7. The third-order valence-corrected chi connectivity index (χ3v) is 9.87. The Kier molecular flexibility index (Phi) is 8.29. The third kappa shape index (κ3) is 6.50. The highest BCUT2D eigenvalue weighted by atomic mass is 19.1. The summed E-state index contributed by atoms with van der Waals surface area (Å²) in [5.74, 6) is 0.310. The second-order valence-electron chi connectivity index (χ2n) is 15.7. The van der Waals surface area contributed by atoms with Crippen molar-refractivity contribution in [3.05, 3.63) is 156 Å². The lowest BCUT2D eigenvalue weighted by Gasteiger charge is -2.21. The highest BCUT2D eigenvalue weighted by molar-refractivity contribution is 6.10. The molecule has 0 N–H and O–H groups in total. The molecule has 0 unspecified atom stereocenters. The fourth-order valence-corrected chi connectivity index (χ4v) is 6.96. The summed E-state index contributed by atoms with van der Waals surface area (Å²) in [5.41, 5.74) is 8.47. The van der Waals surface area contributed by atoms with E-state index >= 15 is 0 Å². The van der Waals surface area contributed by atoms with Crippen LogP contribution in [-0.4, -0.2) is 19.5 Å². The first-order valence-electron chi connectivity index (χ1n) is 17.9. The van der Waals surface area contributed by atoms with Gasteiger partial charge in [-0.2, -0.15) is 0 Å². The average molecular weight is 699 g/mol. The molecule has 4 nitrogen and oxygen atoms in total. The number of hydrogen-bond acceptors (Lipinski definition) is 3. The molecule has 0 spiro atoms. The largest absolute Gasteiger partial charge is 0.309 e. The number of rotatable bonds is 5.